The Labute approximate surface area is 172 Å². The minimum atomic E-state index is -1.94. The van der Waals surface area contributed by atoms with Crippen molar-refractivity contribution >= 4 is 25.6 Å². The Kier molecular flexibility index (Phi) is 5.23. The molecule has 0 aliphatic rings. The van der Waals surface area contributed by atoms with Gasteiger partial charge in [0, 0.05) is 17.3 Å². The van der Waals surface area contributed by atoms with Crippen molar-refractivity contribution in [1.29, 1.82) is 0 Å². The summed E-state index contributed by atoms with van der Waals surface area (Å²) in [7, 11) is -0.268. The molecule has 150 valence electrons. The van der Waals surface area contributed by atoms with Gasteiger partial charge in [-0.25, -0.2) is 9.50 Å². The Morgan fingerprint density at radius 2 is 1.79 bits per heavy atom. The van der Waals surface area contributed by atoms with Crippen LogP contribution in [0.15, 0.2) is 24.3 Å². The Balaban J connectivity index is 2.12. The van der Waals surface area contributed by atoms with Crippen LogP contribution in [-0.4, -0.2) is 30.0 Å². The second-order valence-electron chi connectivity index (χ2n) is 8.64. The summed E-state index contributed by atoms with van der Waals surface area (Å²) in [5.41, 5.74) is 4.25. The van der Waals surface area contributed by atoms with E-state index in [9.17, 15) is 0 Å². The molecule has 0 aliphatic carbocycles. The number of aryl methyl sites for hydroxylation is 2. The van der Waals surface area contributed by atoms with Crippen molar-refractivity contribution in [2.24, 2.45) is 0 Å². The fourth-order valence-corrected chi connectivity index (χ4v) is 4.20. The Hall–Kier alpha value is -2.05. The van der Waals surface area contributed by atoms with Crippen LogP contribution in [0.2, 0.25) is 23.3 Å². The molecular weight excluding hydrogens is 390 g/mol. The standard InChI is InChI=1S/C21H28ClN3O2Si/c1-13-11-18(22)25-20(23-13)19(14(2)24-25)16-10-9-15(12-17(16)26-6)27-28(7,8)21(3,4)5/h9-12H,1-8H3. The minimum Gasteiger partial charge on any atom is -0.543 e. The molecule has 0 unspecified atom stereocenters. The zero-order valence-electron chi connectivity index (χ0n) is 17.8. The molecule has 0 radical (unpaired) electrons. The van der Waals surface area contributed by atoms with Gasteiger partial charge in [0.25, 0.3) is 0 Å². The van der Waals surface area contributed by atoms with Gasteiger partial charge in [0.05, 0.1) is 18.4 Å². The van der Waals surface area contributed by atoms with E-state index >= 15 is 0 Å². The van der Waals surface area contributed by atoms with E-state index in [0.29, 0.717) is 5.15 Å². The predicted octanol–water partition coefficient (Wildman–Crippen LogP) is 6.06. The summed E-state index contributed by atoms with van der Waals surface area (Å²) >= 11 is 6.36. The third-order valence-corrected chi connectivity index (χ3v) is 10.1. The highest BCUT2D eigenvalue weighted by molar-refractivity contribution is 6.74. The third-order valence-electron chi connectivity index (χ3n) is 5.47. The van der Waals surface area contributed by atoms with Crippen LogP contribution in [0.3, 0.4) is 0 Å². The maximum atomic E-state index is 6.44. The molecule has 7 heteroatoms. The summed E-state index contributed by atoms with van der Waals surface area (Å²) in [5, 5.41) is 5.22. The molecule has 0 atom stereocenters. The summed E-state index contributed by atoms with van der Waals surface area (Å²) in [4.78, 5) is 4.66. The first-order chi connectivity index (χ1) is 12.9. The van der Waals surface area contributed by atoms with E-state index in [1.54, 1.807) is 17.7 Å². The van der Waals surface area contributed by atoms with Crippen LogP contribution in [0.4, 0.5) is 0 Å². The number of hydrogen-bond donors (Lipinski definition) is 0. The second kappa shape index (κ2) is 7.08. The molecule has 3 aromatic rings. The largest absolute Gasteiger partial charge is 0.543 e. The topological polar surface area (TPSA) is 48.7 Å². The average Bonchev–Trinajstić information content (AvgIpc) is 2.90. The highest BCUT2D eigenvalue weighted by Crippen LogP contribution is 2.41. The summed E-state index contributed by atoms with van der Waals surface area (Å²) in [6.45, 7) is 15.0. The third kappa shape index (κ3) is 3.63. The van der Waals surface area contributed by atoms with Gasteiger partial charge in [-0.1, -0.05) is 32.4 Å². The summed E-state index contributed by atoms with van der Waals surface area (Å²) in [6, 6.07) is 7.77. The van der Waals surface area contributed by atoms with E-state index in [0.717, 1.165) is 39.7 Å². The molecule has 28 heavy (non-hydrogen) atoms. The van der Waals surface area contributed by atoms with Crippen molar-refractivity contribution in [3.05, 3.63) is 40.8 Å². The number of ether oxygens (including phenoxy) is 1. The van der Waals surface area contributed by atoms with E-state index in [4.69, 9.17) is 20.8 Å². The van der Waals surface area contributed by atoms with Crippen LogP contribution in [-0.2, 0) is 0 Å². The molecular formula is C21H28ClN3O2Si. The second-order valence-corrected chi connectivity index (χ2v) is 13.8. The molecule has 2 heterocycles. The zero-order valence-corrected chi connectivity index (χ0v) is 19.6. The molecule has 0 amide bonds. The monoisotopic (exact) mass is 417 g/mol. The molecule has 0 N–H and O–H groups in total. The number of methoxy groups -OCH3 is 1. The van der Waals surface area contributed by atoms with Crippen molar-refractivity contribution in [1.82, 2.24) is 14.6 Å². The van der Waals surface area contributed by atoms with Gasteiger partial charge in [-0.2, -0.15) is 5.10 Å². The van der Waals surface area contributed by atoms with Gasteiger partial charge in [0.2, 0.25) is 8.32 Å². The van der Waals surface area contributed by atoms with Gasteiger partial charge >= 0.3 is 0 Å². The van der Waals surface area contributed by atoms with E-state index in [1.807, 2.05) is 32.0 Å². The normalized spacial score (nSPS) is 12.5. The van der Waals surface area contributed by atoms with Crippen LogP contribution in [0.5, 0.6) is 11.5 Å². The molecule has 2 aromatic heterocycles. The van der Waals surface area contributed by atoms with Crippen molar-refractivity contribution in [3.63, 3.8) is 0 Å². The molecule has 0 aliphatic heterocycles. The smallest absolute Gasteiger partial charge is 0.250 e. The number of halogens is 1. The summed E-state index contributed by atoms with van der Waals surface area (Å²) in [6.07, 6.45) is 0. The quantitative estimate of drug-likeness (QED) is 0.382. The van der Waals surface area contributed by atoms with Gasteiger partial charge in [0.15, 0.2) is 5.65 Å². The van der Waals surface area contributed by atoms with E-state index in [-0.39, 0.29) is 5.04 Å². The molecule has 0 fully saturated rings. The van der Waals surface area contributed by atoms with E-state index < -0.39 is 8.32 Å². The lowest BCUT2D eigenvalue weighted by Gasteiger charge is -2.36. The molecule has 0 bridgehead atoms. The Morgan fingerprint density at radius 1 is 1.11 bits per heavy atom. The molecule has 3 rings (SSSR count). The average molecular weight is 418 g/mol. The maximum Gasteiger partial charge on any atom is 0.250 e. The van der Waals surface area contributed by atoms with E-state index in [1.165, 1.54) is 0 Å². The lowest BCUT2D eigenvalue weighted by Crippen LogP contribution is -2.43. The van der Waals surface area contributed by atoms with E-state index in [2.05, 4.69) is 43.9 Å². The van der Waals surface area contributed by atoms with Crippen molar-refractivity contribution in [2.45, 2.75) is 52.8 Å². The fourth-order valence-electron chi connectivity index (χ4n) is 2.90. The summed E-state index contributed by atoms with van der Waals surface area (Å²) < 4.78 is 13.8. The predicted molar refractivity (Wildman–Crippen MR) is 117 cm³/mol. The van der Waals surface area contributed by atoms with Gasteiger partial charge in [-0.05, 0) is 50.2 Å². The first-order valence-electron chi connectivity index (χ1n) is 9.34. The molecule has 1 aromatic carbocycles. The van der Waals surface area contributed by atoms with Crippen LogP contribution in [0, 0.1) is 13.8 Å². The highest BCUT2D eigenvalue weighted by atomic mass is 35.5. The SMILES string of the molecule is COc1cc(O[Si](C)(C)C(C)(C)C)ccc1-c1c(C)nn2c(Cl)cc(C)nc12. The number of aromatic nitrogens is 3. The lowest BCUT2D eigenvalue weighted by atomic mass is 10.0. The van der Waals surface area contributed by atoms with Crippen molar-refractivity contribution in [2.75, 3.05) is 7.11 Å². The molecule has 0 spiro atoms. The molecule has 0 saturated heterocycles. The highest BCUT2D eigenvalue weighted by Gasteiger charge is 2.39. The van der Waals surface area contributed by atoms with Crippen molar-refractivity contribution in [3.8, 4) is 22.6 Å². The first-order valence-corrected chi connectivity index (χ1v) is 12.6. The van der Waals surface area contributed by atoms with Crippen molar-refractivity contribution < 1.29 is 9.16 Å². The summed E-state index contributed by atoms with van der Waals surface area (Å²) in [5.74, 6) is 1.55. The van der Waals surface area contributed by atoms with Gasteiger partial charge < -0.3 is 9.16 Å². The Morgan fingerprint density at radius 3 is 2.39 bits per heavy atom. The number of hydrogen-bond acceptors (Lipinski definition) is 4. The van der Waals surface area contributed by atoms with Gasteiger partial charge in [-0.3, -0.25) is 0 Å². The first kappa shape index (κ1) is 20.7. The van der Waals surface area contributed by atoms with Gasteiger partial charge in [0.1, 0.15) is 16.7 Å². The molecule has 0 saturated carbocycles. The maximum absolute atomic E-state index is 6.44. The number of nitrogens with zero attached hydrogens (tertiary/aromatic N) is 3. The van der Waals surface area contributed by atoms with Crippen LogP contribution >= 0.6 is 11.6 Å². The van der Waals surface area contributed by atoms with Gasteiger partial charge in [-0.15, -0.1) is 0 Å². The van der Waals surface area contributed by atoms with Crippen LogP contribution in [0.1, 0.15) is 32.2 Å². The fraction of sp³-hybridized carbons (Fsp3) is 0.429. The van der Waals surface area contributed by atoms with Crippen LogP contribution < -0.4 is 9.16 Å². The number of fused-ring (bicyclic) bond motifs is 1. The van der Waals surface area contributed by atoms with Crippen LogP contribution in [0.25, 0.3) is 16.8 Å². The number of benzene rings is 1. The lowest BCUT2D eigenvalue weighted by molar-refractivity contribution is 0.412. The minimum absolute atomic E-state index is 0.121. The number of rotatable bonds is 4. The molecule has 5 nitrogen and oxygen atoms in total. The zero-order chi connectivity index (χ0) is 20.9. The Bertz CT molecular complexity index is 1040.